The Hall–Kier alpha value is -2.28. The molecule has 1 fully saturated rings. The van der Waals surface area contributed by atoms with Gasteiger partial charge in [0.1, 0.15) is 5.82 Å². The van der Waals surface area contributed by atoms with Crippen molar-refractivity contribution in [2.45, 2.75) is 65.1 Å². The van der Waals surface area contributed by atoms with Crippen LogP contribution in [0.15, 0.2) is 42.6 Å². The third-order valence-electron chi connectivity index (χ3n) is 8.26. The smallest absolute Gasteiger partial charge is 0.124 e. The summed E-state index contributed by atoms with van der Waals surface area (Å²) in [6, 6.07) is 13.4. The van der Waals surface area contributed by atoms with Gasteiger partial charge in [0.05, 0.1) is 29.3 Å². The van der Waals surface area contributed by atoms with Crippen LogP contribution >= 0.6 is 0 Å². The molecule has 5 rings (SSSR count). The Morgan fingerprint density at radius 2 is 1.86 bits per heavy atom. The van der Waals surface area contributed by atoms with E-state index in [2.05, 4.69) is 90.7 Å². The second-order valence-corrected chi connectivity index (χ2v) is 12.6. The molecule has 1 saturated heterocycles. The lowest BCUT2D eigenvalue weighted by molar-refractivity contribution is 0.0972. The zero-order valence-electron chi connectivity index (χ0n) is 23.7. The Morgan fingerprint density at radius 1 is 1.03 bits per heavy atom. The van der Waals surface area contributed by atoms with Crippen LogP contribution in [-0.2, 0) is 19.5 Å². The maximum atomic E-state index is 5.16. The van der Waals surface area contributed by atoms with E-state index in [0.717, 1.165) is 38.1 Å². The number of para-hydroxylation sites is 2. The van der Waals surface area contributed by atoms with Crippen LogP contribution in [-0.4, -0.2) is 76.6 Å². The standard InChI is InChI=1S/C31H46N6/c1-31(2,22-34(3)4)23-36-18-10-11-24(19-36)20-37-27-15-7-6-14-26(27)33-29(37)21-35(5)28-16-8-12-25-13-9-17-32-30(25)28/h6-7,9,13-15,17,24,28H,8,10-12,16,18-23H2,1-5H3/t24-,28?/m0/s1. The first-order valence-corrected chi connectivity index (χ1v) is 14.2. The van der Waals surface area contributed by atoms with Gasteiger partial charge in [0.25, 0.3) is 0 Å². The van der Waals surface area contributed by atoms with Crippen LogP contribution in [0.25, 0.3) is 11.0 Å². The molecule has 6 heteroatoms. The number of nitrogens with zero attached hydrogens (tertiary/aromatic N) is 6. The van der Waals surface area contributed by atoms with Crippen molar-refractivity contribution in [1.82, 2.24) is 29.2 Å². The highest BCUT2D eigenvalue weighted by atomic mass is 15.2. The van der Waals surface area contributed by atoms with Gasteiger partial charge in [-0.05, 0) is 94.9 Å². The van der Waals surface area contributed by atoms with E-state index in [1.54, 1.807) is 0 Å². The topological polar surface area (TPSA) is 40.4 Å². The molecule has 1 aromatic carbocycles. The van der Waals surface area contributed by atoms with Crippen molar-refractivity contribution < 1.29 is 0 Å². The highest BCUT2D eigenvalue weighted by molar-refractivity contribution is 5.75. The molecule has 1 aliphatic heterocycles. The zero-order chi connectivity index (χ0) is 26.0. The molecule has 37 heavy (non-hydrogen) atoms. The Balaban J connectivity index is 1.34. The molecule has 0 spiro atoms. The Kier molecular flexibility index (Phi) is 7.99. The van der Waals surface area contributed by atoms with Gasteiger partial charge in [0.2, 0.25) is 0 Å². The molecule has 0 amide bonds. The molecule has 2 aliphatic rings. The number of fused-ring (bicyclic) bond motifs is 2. The third kappa shape index (κ3) is 6.24. The molecule has 3 aromatic rings. The molecule has 0 radical (unpaired) electrons. The number of pyridine rings is 1. The molecule has 3 heterocycles. The Bertz CT molecular complexity index is 1180. The van der Waals surface area contributed by atoms with Crippen molar-refractivity contribution in [2.75, 3.05) is 47.3 Å². The highest BCUT2D eigenvalue weighted by Crippen LogP contribution is 2.33. The Labute approximate surface area is 223 Å². The van der Waals surface area contributed by atoms with Gasteiger partial charge in [-0.2, -0.15) is 0 Å². The number of aromatic nitrogens is 3. The van der Waals surface area contributed by atoms with Gasteiger partial charge >= 0.3 is 0 Å². The molecule has 2 aromatic heterocycles. The lowest BCUT2D eigenvalue weighted by Crippen LogP contribution is -2.45. The highest BCUT2D eigenvalue weighted by Gasteiger charge is 2.29. The summed E-state index contributed by atoms with van der Waals surface area (Å²) in [7, 11) is 6.63. The molecule has 6 nitrogen and oxygen atoms in total. The van der Waals surface area contributed by atoms with Crippen molar-refractivity contribution >= 4 is 11.0 Å². The van der Waals surface area contributed by atoms with Crippen molar-refractivity contribution in [3.8, 4) is 0 Å². The maximum Gasteiger partial charge on any atom is 0.124 e. The van der Waals surface area contributed by atoms with Gasteiger partial charge in [-0.25, -0.2) is 4.98 Å². The minimum Gasteiger partial charge on any atom is -0.327 e. The first kappa shape index (κ1) is 26.3. The van der Waals surface area contributed by atoms with E-state index in [0.29, 0.717) is 17.4 Å². The summed E-state index contributed by atoms with van der Waals surface area (Å²) in [5, 5.41) is 0. The molecule has 1 unspecified atom stereocenters. The van der Waals surface area contributed by atoms with Gasteiger partial charge < -0.3 is 14.4 Å². The number of imidazole rings is 1. The number of hydrogen-bond donors (Lipinski definition) is 0. The Morgan fingerprint density at radius 3 is 2.70 bits per heavy atom. The van der Waals surface area contributed by atoms with Crippen molar-refractivity contribution in [2.24, 2.45) is 11.3 Å². The lowest BCUT2D eigenvalue weighted by atomic mass is 9.89. The molecule has 0 bridgehead atoms. The number of likely N-dealkylation sites (tertiary alicyclic amines) is 1. The summed E-state index contributed by atoms with van der Waals surface area (Å²) in [6.45, 7) is 11.4. The summed E-state index contributed by atoms with van der Waals surface area (Å²) in [6.07, 6.45) is 8.08. The molecule has 0 saturated carbocycles. The lowest BCUT2D eigenvalue weighted by Gasteiger charge is -2.39. The summed E-state index contributed by atoms with van der Waals surface area (Å²) < 4.78 is 2.53. The second kappa shape index (κ2) is 11.2. The van der Waals surface area contributed by atoms with Crippen molar-refractivity contribution in [1.29, 1.82) is 0 Å². The summed E-state index contributed by atoms with van der Waals surface area (Å²) >= 11 is 0. The first-order valence-electron chi connectivity index (χ1n) is 14.2. The monoisotopic (exact) mass is 502 g/mol. The molecular formula is C31H46N6. The van der Waals surface area contributed by atoms with Crippen molar-refractivity contribution in [3.63, 3.8) is 0 Å². The van der Waals surface area contributed by atoms with Gasteiger partial charge in [0.15, 0.2) is 0 Å². The van der Waals surface area contributed by atoms with Crippen molar-refractivity contribution in [3.05, 3.63) is 59.7 Å². The maximum absolute atomic E-state index is 5.16. The fourth-order valence-corrected chi connectivity index (χ4v) is 7.01. The number of piperidine rings is 1. The average molecular weight is 503 g/mol. The molecule has 200 valence electrons. The molecule has 0 N–H and O–H groups in total. The number of rotatable bonds is 9. The SMILES string of the molecule is CN(C)CC(C)(C)CN1CCC[C@H](Cn2c(CN(C)C3CCCc4cccnc43)nc3ccccc32)C1. The minimum atomic E-state index is 0.297. The van der Waals surface area contributed by atoms with E-state index in [1.807, 2.05) is 6.20 Å². The summed E-state index contributed by atoms with van der Waals surface area (Å²) in [4.78, 5) is 17.5. The van der Waals surface area contributed by atoms with E-state index in [-0.39, 0.29) is 0 Å². The van der Waals surface area contributed by atoms with E-state index < -0.39 is 0 Å². The third-order valence-corrected chi connectivity index (χ3v) is 8.26. The van der Waals surface area contributed by atoms with Crippen LogP contribution in [0.3, 0.4) is 0 Å². The predicted octanol–water partition coefficient (Wildman–Crippen LogP) is 5.24. The van der Waals surface area contributed by atoms with Crippen LogP contribution in [0, 0.1) is 11.3 Å². The number of hydrogen-bond acceptors (Lipinski definition) is 5. The molecular weight excluding hydrogens is 456 g/mol. The quantitative estimate of drug-likeness (QED) is 0.400. The van der Waals surface area contributed by atoms with Gasteiger partial charge in [-0.3, -0.25) is 9.88 Å². The average Bonchev–Trinajstić information content (AvgIpc) is 3.19. The minimum absolute atomic E-state index is 0.297. The zero-order valence-corrected chi connectivity index (χ0v) is 23.7. The van der Waals surface area contributed by atoms with Crippen LogP contribution in [0.5, 0.6) is 0 Å². The van der Waals surface area contributed by atoms with Crippen LogP contribution in [0.4, 0.5) is 0 Å². The van der Waals surface area contributed by atoms with Crippen LogP contribution in [0.2, 0.25) is 0 Å². The van der Waals surface area contributed by atoms with Gasteiger partial charge in [-0.15, -0.1) is 0 Å². The van der Waals surface area contributed by atoms with Crippen LogP contribution in [0.1, 0.15) is 62.7 Å². The first-order chi connectivity index (χ1) is 17.8. The van der Waals surface area contributed by atoms with Gasteiger partial charge in [0, 0.05) is 32.4 Å². The fraction of sp³-hybridized carbons (Fsp3) is 0.613. The summed E-state index contributed by atoms with van der Waals surface area (Å²) in [5.74, 6) is 1.85. The van der Waals surface area contributed by atoms with E-state index in [9.17, 15) is 0 Å². The van der Waals surface area contributed by atoms with E-state index in [4.69, 9.17) is 9.97 Å². The fourth-order valence-electron chi connectivity index (χ4n) is 7.01. The molecule has 2 atom stereocenters. The normalized spacial score (nSPS) is 21.2. The largest absolute Gasteiger partial charge is 0.327 e. The second-order valence-electron chi connectivity index (χ2n) is 12.6. The summed E-state index contributed by atoms with van der Waals surface area (Å²) in [5.41, 5.74) is 5.37. The number of benzene rings is 1. The van der Waals surface area contributed by atoms with E-state index >= 15 is 0 Å². The predicted molar refractivity (Wildman–Crippen MR) is 153 cm³/mol. The van der Waals surface area contributed by atoms with Crippen LogP contribution < -0.4 is 0 Å². The van der Waals surface area contributed by atoms with E-state index in [1.165, 1.54) is 61.4 Å². The molecule has 1 aliphatic carbocycles. The number of aryl methyl sites for hydroxylation is 1. The van der Waals surface area contributed by atoms with Gasteiger partial charge in [-0.1, -0.05) is 32.0 Å².